The Bertz CT molecular complexity index is 773. The van der Waals surface area contributed by atoms with Gasteiger partial charge in [0.1, 0.15) is 0 Å². The molecule has 0 atom stereocenters. The van der Waals surface area contributed by atoms with Gasteiger partial charge in [-0.1, -0.05) is 31.4 Å². The van der Waals surface area contributed by atoms with Crippen molar-refractivity contribution in [1.82, 2.24) is 14.9 Å². The van der Waals surface area contributed by atoms with Crippen LogP contribution in [0.3, 0.4) is 0 Å². The summed E-state index contributed by atoms with van der Waals surface area (Å²) < 4.78 is 0. The van der Waals surface area contributed by atoms with Crippen LogP contribution in [-0.4, -0.2) is 53.6 Å². The summed E-state index contributed by atoms with van der Waals surface area (Å²) in [5.41, 5.74) is 1.99. The second-order valence-electron chi connectivity index (χ2n) is 8.59. The zero-order valence-corrected chi connectivity index (χ0v) is 16.2. The lowest BCUT2D eigenvalue weighted by Crippen LogP contribution is -2.48. The summed E-state index contributed by atoms with van der Waals surface area (Å²) in [6, 6.07) is 8.82. The summed E-state index contributed by atoms with van der Waals surface area (Å²) in [5, 5.41) is 3.62. The molecular formula is C22H31N5. The molecule has 1 N–H and O–H groups in total. The molecule has 5 nitrogen and oxygen atoms in total. The SMILES string of the molecule is c1ccc2nc(N3CCN(CC4CCCCC4)CC3)c(NC3CC3)nc2c1. The maximum atomic E-state index is 5.00. The fourth-order valence-corrected chi connectivity index (χ4v) is 4.61. The molecule has 2 aliphatic carbocycles. The lowest BCUT2D eigenvalue weighted by Gasteiger charge is -2.38. The minimum Gasteiger partial charge on any atom is -0.364 e. The summed E-state index contributed by atoms with van der Waals surface area (Å²) in [7, 11) is 0. The van der Waals surface area contributed by atoms with E-state index in [-0.39, 0.29) is 0 Å². The van der Waals surface area contributed by atoms with E-state index in [4.69, 9.17) is 9.97 Å². The fraction of sp³-hybridized carbons (Fsp3) is 0.636. The Hall–Kier alpha value is -1.88. The van der Waals surface area contributed by atoms with Crippen LogP contribution in [0.5, 0.6) is 0 Å². The molecule has 2 heterocycles. The van der Waals surface area contributed by atoms with E-state index < -0.39 is 0 Å². The van der Waals surface area contributed by atoms with Crippen molar-refractivity contribution in [3.8, 4) is 0 Å². The van der Waals surface area contributed by atoms with Gasteiger partial charge in [0.15, 0.2) is 11.6 Å². The standard InChI is InChI=1S/C22H31N5/c1-2-6-17(7-3-1)16-26-12-14-27(15-13-26)22-21(23-18-10-11-18)24-19-8-4-5-9-20(19)25-22/h4-5,8-9,17-18H,1-3,6-7,10-16H2,(H,23,24). The monoisotopic (exact) mass is 365 g/mol. The lowest BCUT2D eigenvalue weighted by molar-refractivity contribution is 0.192. The number of aromatic nitrogens is 2. The van der Waals surface area contributed by atoms with E-state index in [1.165, 1.54) is 51.5 Å². The van der Waals surface area contributed by atoms with Gasteiger partial charge in [-0.3, -0.25) is 4.90 Å². The molecule has 0 bridgehead atoms. The van der Waals surface area contributed by atoms with Crippen molar-refractivity contribution in [3.05, 3.63) is 24.3 Å². The number of fused-ring (bicyclic) bond motifs is 1. The Morgan fingerprint density at radius 3 is 2.26 bits per heavy atom. The van der Waals surface area contributed by atoms with Gasteiger partial charge < -0.3 is 10.2 Å². The molecule has 27 heavy (non-hydrogen) atoms. The molecule has 3 fully saturated rings. The molecule has 0 unspecified atom stereocenters. The first kappa shape index (κ1) is 17.2. The maximum Gasteiger partial charge on any atom is 0.172 e. The van der Waals surface area contributed by atoms with Gasteiger partial charge in [0.25, 0.3) is 0 Å². The first-order valence-electron chi connectivity index (χ1n) is 10.9. The highest BCUT2D eigenvalue weighted by atomic mass is 15.3. The molecule has 5 heteroatoms. The molecule has 1 aromatic heterocycles. The molecule has 2 aromatic rings. The molecule has 1 aromatic carbocycles. The van der Waals surface area contributed by atoms with Gasteiger partial charge in [-0.05, 0) is 43.7 Å². The number of benzene rings is 1. The number of nitrogens with one attached hydrogen (secondary N) is 1. The molecule has 5 rings (SSSR count). The molecule has 0 radical (unpaired) electrons. The first-order valence-corrected chi connectivity index (χ1v) is 10.9. The van der Waals surface area contributed by atoms with Gasteiger partial charge in [0.05, 0.1) is 11.0 Å². The van der Waals surface area contributed by atoms with E-state index in [0.29, 0.717) is 6.04 Å². The van der Waals surface area contributed by atoms with Crippen LogP contribution in [0.1, 0.15) is 44.9 Å². The Labute approximate surface area is 162 Å². The quantitative estimate of drug-likeness (QED) is 0.870. The zero-order valence-electron chi connectivity index (χ0n) is 16.2. The number of nitrogens with zero attached hydrogens (tertiary/aromatic N) is 4. The minimum absolute atomic E-state index is 0.590. The van der Waals surface area contributed by atoms with Crippen LogP contribution in [0.15, 0.2) is 24.3 Å². The summed E-state index contributed by atoms with van der Waals surface area (Å²) in [5.74, 6) is 2.97. The Kier molecular flexibility index (Phi) is 4.87. The third kappa shape index (κ3) is 4.03. The van der Waals surface area contributed by atoms with E-state index in [2.05, 4.69) is 33.3 Å². The molecule has 1 aliphatic heterocycles. The maximum absolute atomic E-state index is 5.00. The van der Waals surface area contributed by atoms with Crippen molar-refractivity contribution in [1.29, 1.82) is 0 Å². The van der Waals surface area contributed by atoms with Crippen molar-refractivity contribution >= 4 is 22.7 Å². The lowest BCUT2D eigenvalue weighted by atomic mass is 9.89. The van der Waals surface area contributed by atoms with Gasteiger partial charge in [0.2, 0.25) is 0 Å². The third-order valence-electron chi connectivity index (χ3n) is 6.38. The van der Waals surface area contributed by atoms with Crippen molar-refractivity contribution in [2.45, 2.75) is 51.0 Å². The second-order valence-corrected chi connectivity index (χ2v) is 8.59. The third-order valence-corrected chi connectivity index (χ3v) is 6.38. The average Bonchev–Trinajstić information content (AvgIpc) is 3.53. The zero-order chi connectivity index (χ0) is 18.1. The fourth-order valence-electron chi connectivity index (χ4n) is 4.61. The number of hydrogen-bond donors (Lipinski definition) is 1. The van der Waals surface area contributed by atoms with E-state index in [9.17, 15) is 0 Å². The number of para-hydroxylation sites is 2. The van der Waals surface area contributed by atoms with Crippen molar-refractivity contribution < 1.29 is 0 Å². The highest BCUT2D eigenvalue weighted by molar-refractivity contribution is 5.80. The largest absolute Gasteiger partial charge is 0.364 e. The van der Waals surface area contributed by atoms with Crippen molar-refractivity contribution in [2.75, 3.05) is 42.9 Å². The van der Waals surface area contributed by atoms with Gasteiger partial charge in [0, 0.05) is 38.8 Å². The second kappa shape index (κ2) is 7.63. The van der Waals surface area contributed by atoms with Gasteiger partial charge >= 0.3 is 0 Å². The predicted molar refractivity (Wildman–Crippen MR) is 111 cm³/mol. The van der Waals surface area contributed by atoms with E-state index >= 15 is 0 Å². The Balaban J connectivity index is 1.30. The molecule has 3 aliphatic rings. The summed E-state index contributed by atoms with van der Waals surface area (Å²) >= 11 is 0. The normalized spacial score (nSPS) is 22.3. The minimum atomic E-state index is 0.590. The number of piperazine rings is 1. The van der Waals surface area contributed by atoms with Crippen LogP contribution < -0.4 is 10.2 Å². The number of rotatable bonds is 5. The molecule has 144 valence electrons. The van der Waals surface area contributed by atoms with Crippen LogP contribution in [0.25, 0.3) is 11.0 Å². The summed E-state index contributed by atoms with van der Waals surface area (Å²) in [6.07, 6.45) is 9.70. The summed E-state index contributed by atoms with van der Waals surface area (Å²) in [4.78, 5) is 15.0. The molecule has 2 saturated carbocycles. The Morgan fingerprint density at radius 1 is 0.852 bits per heavy atom. The Morgan fingerprint density at radius 2 is 1.56 bits per heavy atom. The molecule has 0 spiro atoms. The van der Waals surface area contributed by atoms with Gasteiger partial charge in [-0.2, -0.15) is 0 Å². The highest BCUT2D eigenvalue weighted by Crippen LogP contribution is 2.31. The van der Waals surface area contributed by atoms with E-state index in [1.807, 2.05) is 6.07 Å². The highest BCUT2D eigenvalue weighted by Gasteiger charge is 2.27. The summed E-state index contributed by atoms with van der Waals surface area (Å²) in [6.45, 7) is 5.70. The molecular weight excluding hydrogens is 334 g/mol. The van der Waals surface area contributed by atoms with Crippen LogP contribution >= 0.6 is 0 Å². The van der Waals surface area contributed by atoms with Gasteiger partial charge in [-0.15, -0.1) is 0 Å². The first-order chi connectivity index (χ1) is 13.3. The van der Waals surface area contributed by atoms with Crippen LogP contribution in [0, 0.1) is 5.92 Å². The number of hydrogen-bond acceptors (Lipinski definition) is 5. The molecule has 1 saturated heterocycles. The predicted octanol–water partition coefficient (Wildman–Crippen LogP) is 3.91. The van der Waals surface area contributed by atoms with Gasteiger partial charge in [-0.25, -0.2) is 9.97 Å². The average molecular weight is 366 g/mol. The van der Waals surface area contributed by atoms with Crippen LogP contribution in [0.4, 0.5) is 11.6 Å². The van der Waals surface area contributed by atoms with E-state index in [0.717, 1.165) is 54.8 Å². The smallest absolute Gasteiger partial charge is 0.172 e. The number of anilines is 2. The van der Waals surface area contributed by atoms with Crippen molar-refractivity contribution in [2.24, 2.45) is 5.92 Å². The van der Waals surface area contributed by atoms with Crippen LogP contribution in [-0.2, 0) is 0 Å². The topological polar surface area (TPSA) is 44.3 Å². The van der Waals surface area contributed by atoms with Crippen molar-refractivity contribution in [3.63, 3.8) is 0 Å². The van der Waals surface area contributed by atoms with Crippen LogP contribution in [0.2, 0.25) is 0 Å². The molecule has 0 amide bonds. The van der Waals surface area contributed by atoms with E-state index in [1.54, 1.807) is 0 Å².